The minimum absolute atomic E-state index is 0.0257. The molecule has 1 saturated heterocycles. The van der Waals surface area contributed by atoms with E-state index < -0.39 is 35.0 Å². The maximum atomic E-state index is 13.5. The quantitative estimate of drug-likeness (QED) is 0.263. The van der Waals surface area contributed by atoms with Gasteiger partial charge in [-0.2, -0.15) is 0 Å². The maximum absolute atomic E-state index is 13.5. The smallest absolute Gasteiger partial charge is 0.325 e. The molecule has 8 nitrogen and oxygen atoms in total. The summed E-state index contributed by atoms with van der Waals surface area (Å²) in [5.41, 5.74) is 0.522. The Bertz CT molecular complexity index is 1300. The summed E-state index contributed by atoms with van der Waals surface area (Å²) in [6, 6.07) is 5.39. The van der Waals surface area contributed by atoms with Gasteiger partial charge in [0, 0.05) is 17.8 Å². The third-order valence-corrected chi connectivity index (χ3v) is 7.14. The molecule has 13 heteroatoms. The highest BCUT2D eigenvalue weighted by atomic mass is 32.2. The van der Waals surface area contributed by atoms with Crippen molar-refractivity contribution in [3.63, 3.8) is 0 Å². The number of thiophene rings is 1. The first-order valence-electron chi connectivity index (χ1n) is 11.4. The summed E-state index contributed by atoms with van der Waals surface area (Å²) in [6.07, 6.45) is 1.57. The van der Waals surface area contributed by atoms with Gasteiger partial charge < -0.3 is 15.4 Å². The molecule has 1 fully saturated rings. The highest BCUT2D eigenvalue weighted by Gasteiger charge is 2.32. The average molecular weight is 582 g/mol. The van der Waals surface area contributed by atoms with E-state index >= 15 is 0 Å². The molecule has 2 heterocycles. The molecule has 0 aliphatic carbocycles. The minimum atomic E-state index is -0.943. The van der Waals surface area contributed by atoms with Gasteiger partial charge in [-0.15, -0.1) is 11.3 Å². The lowest BCUT2D eigenvalue weighted by Crippen LogP contribution is -2.41. The number of thiocarbonyl (C=S) groups is 1. The summed E-state index contributed by atoms with van der Waals surface area (Å²) in [6.45, 7) is 4.49. The molecule has 0 saturated carbocycles. The molecule has 0 atom stereocenters. The van der Waals surface area contributed by atoms with Gasteiger partial charge >= 0.3 is 5.97 Å². The van der Waals surface area contributed by atoms with E-state index in [-0.39, 0.29) is 32.0 Å². The van der Waals surface area contributed by atoms with E-state index in [1.807, 2.05) is 0 Å². The predicted molar refractivity (Wildman–Crippen MR) is 146 cm³/mol. The van der Waals surface area contributed by atoms with E-state index in [1.54, 1.807) is 38.3 Å². The molecule has 1 aromatic heterocycles. The number of thioether (sulfide) groups is 1. The van der Waals surface area contributed by atoms with Crippen LogP contribution in [0.1, 0.15) is 32.1 Å². The van der Waals surface area contributed by atoms with E-state index in [1.165, 1.54) is 22.3 Å². The van der Waals surface area contributed by atoms with Crippen molar-refractivity contribution in [2.75, 3.05) is 19.6 Å². The number of nitrogens with one attached hydrogen (secondary N) is 2. The third-order valence-electron chi connectivity index (χ3n) is 4.88. The lowest BCUT2D eigenvalue weighted by Gasteiger charge is -2.19. The van der Waals surface area contributed by atoms with Crippen LogP contribution < -0.4 is 10.6 Å². The van der Waals surface area contributed by atoms with E-state index in [0.29, 0.717) is 20.4 Å². The second kappa shape index (κ2) is 12.6. The van der Waals surface area contributed by atoms with Crippen molar-refractivity contribution >= 4 is 69.4 Å². The molecule has 2 aromatic rings. The molecule has 202 valence electrons. The zero-order valence-corrected chi connectivity index (χ0v) is 23.2. The van der Waals surface area contributed by atoms with Crippen molar-refractivity contribution in [2.24, 2.45) is 0 Å². The maximum Gasteiger partial charge on any atom is 0.325 e. The van der Waals surface area contributed by atoms with Gasteiger partial charge in [0.15, 0.2) is 11.6 Å². The van der Waals surface area contributed by atoms with Crippen LogP contribution in [0.25, 0.3) is 17.2 Å². The van der Waals surface area contributed by atoms with Gasteiger partial charge in [0.2, 0.25) is 11.8 Å². The number of hydrogen-bond donors (Lipinski definition) is 2. The molecule has 1 aromatic carbocycles. The van der Waals surface area contributed by atoms with Crippen molar-refractivity contribution in [1.29, 1.82) is 0 Å². The summed E-state index contributed by atoms with van der Waals surface area (Å²) in [4.78, 5) is 50.9. The fourth-order valence-electron chi connectivity index (χ4n) is 3.17. The zero-order valence-electron chi connectivity index (χ0n) is 20.8. The number of esters is 1. The SMILES string of the molecule is CC(C)(C)OC(=O)CNC(=O)CNC(=O)CCN1C(=O)/C(=C/c2cc(-c3ccc(F)c(F)c3)cs2)SC1=S. The van der Waals surface area contributed by atoms with Gasteiger partial charge in [-0.05, 0) is 61.6 Å². The van der Waals surface area contributed by atoms with E-state index in [9.17, 15) is 28.0 Å². The Balaban J connectivity index is 1.48. The van der Waals surface area contributed by atoms with Gasteiger partial charge in [-0.1, -0.05) is 30.0 Å². The van der Waals surface area contributed by atoms with Crippen molar-refractivity contribution < 1.29 is 32.7 Å². The van der Waals surface area contributed by atoms with Crippen LogP contribution in [0.15, 0.2) is 34.6 Å². The molecule has 3 amide bonds. The van der Waals surface area contributed by atoms with E-state index in [0.717, 1.165) is 28.8 Å². The zero-order chi connectivity index (χ0) is 28.0. The largest absolute Gasteiger partial charge is 0.459 e. The van der Waals surface area contributed by atoms with Crippen LogP contribution in [-0.4, -0.2) is 58.1 Å². The fourth-order valence-corrected chi connectivity index (χ4v) is 5.39. The number of ether oxygens (including phenoxy) is 1. The Kier molecular flexibility index (Phi) is 9.74. The number of hydrogen-bond acceptors (Lipinski definition) is 8. The second-order valence-electron chi connectivity index (χ2n) is 9.09. The molecule has 3 rings (SSSR count). The molecule has 0 bridgehead atoms. The standard InChI is InChI=1S/C25H25F2N3O5S3/c1-25(2,3)35-22(33)12-29-21(32)11-28-20(31)6-7-30-23(34)19(38-24(30)36)10-16-8-15(13-37-16)14-4-5-17(26)18(27)9-14/h4-5,8-10,13H,6-7,11-12H2,1-3H3,(H,28,31)(H,29,32)/b19-10-. The van der Waals surface area contributed by atoms with Crippen molar-refractivity contribution in [2.45, 2.75) is 32.8 Å². The summed E-state index contributed by atoms with van der Waals surface area (Å²) in [5.74, 6) is -3.85. The first kappa shape index (κ1) is 29.4. The van der Waals surface area contributed by atoms with Crippen LogP contribution in [0.5, 0.6) is 0 Å². The number of carbonyl (C=O) groups excluding carboxylic acids is 4. The predicted octanol–water partition coefficient (Wildman–Crippen LogP) is 3.86. The summed E-state index contributed by atoms with van der Waals surface area (Å²) in [7, 11) is 0. The Morgan fingerprint density at radius 3 is 2.45 bits per heavy atom. The highest BCUT2D eigenvalue weighted by molar-refractivity contribution is 8.26. The van der Waals surface area contributed by atoms with Gasteiger partial charge in [-0.25, -0.2) is 8.78 Å². The summed E-state index contributed by atoms with van der Waals surface area (Å²) < 4.78 is 32.1. The van der Waals surface area contributed by atoms with Crippen LogP contribution in [0.3, 0.4) is 0 Å². The molecule has 0 spiro atoms. The van der Waals surface area contributed by atoms with Gasteiger partial charge in [0.1, 0.15) is 16.5 Å². The van der Waals surface area contributed by atoms with Crippen molar-refractivity contribution in [1.82, 2.24) is 15.5 Å². The number of benzene rings is 1. The van der Waals surface area contributed by atoms with Crippen molar-refractivity contribution in [3.8, 4) is 11.1 Å². The molecule has 0 unspecified atom stereocenters. The molecule has 2 N–H and O–H groups in total. The number of carbonyl (C=O) groups is 4. The van der Waals surface area contributed by atoms with Crippen LogP contribution in [0, 0.1) is 11.6 Å². The lowest BCUT2D eigenvalue weighted by atomic mass is 10.1. The number of nitrogens with zero attached hydrogens (tertiary/aromatic N) is 1. The minimum Gasteiger partial charge on any atom is -0.459 e. The van der Waals surface area contributed by atoms with Gasteiger partial charge in [0.25, 0.3) is 5.91 Å². The molecule has 1 aliphatic rings. The highest BCUT2D eigenvalue weighted by Crippen LogP contribution is 2.35. The lowest BCUT2D eigenvalue weighted by molar-refractivity contribution is -0.154. The fraction of sp³-hybridized carbons (Fsp3) is 0.320. The number of halogens is 2. The molecular weight excluding hydrogens is 556 g/mol. The number of amides is 3. The number of rotatable bonds is 9. The Hall–Kier alpha value is -3.16. The summed E-state index contributed by atoms with van der Waals surface area (Å²) >= 11 is 7.71. The van der Waals surface area contributed by atoms with Crippen LogP contribution in [-0.2, 0) is 23.9 Å². The first-order chi connectivity index (χ1) is 17.8. The molecule has 0 radical (unpaired) electrons. The van der Waals surface area contributed by atoms with Crippen molar-refractivity contribution in [3.05, 3.63) is 51.1 Å². The van der Waals surface area contributed by atoms with Crippen LogP contribution in [0.4, 0.5) is 8.78 Å². The molecule has 38 heavy (non-hydrogen) atoms. The first-order valence-corrected chi connectivity index (χ1v) is 13.5. The molecular formula is C25H25F2N3O5S3. The topological polar surface area (TPSA) is 105 Å². The van der Waals surface area contributed by atoms with Gasteiger partial charge in [0.05, 0.1) is 11.4 Å². The van der Waals surface area contributed by atoms with Crippen LogP contribution in [0.2, 0.25) is 0 Å². The monoisotopic (exact) mass is 581 g/mol. The van der Waals surface area contributed by atoms with Gasteiger partial charge in [-0.3, -0.25) is 24.1 Å². The van der Waals surface area contributed by atoms with Crippen LogP contribution >= 0.6 is 35.3 Å². The second-order valence-corrected chi connectivity index (χ2v) is 11.7. The summed E-state index contributed by atoms with van der Waals surface area (Å²) in [5, 5.41) is 6.56. The Morgan fingerprint density at radius 1 is 1.05 bits per heavy atom. The molecule has 1 aliphatic heterocycles. The van der Waals surface area contributed by atoms with E-state index in [2.05, 4.69) is 10.6 Å². The Morgan fingerprint density at radius 2 is 1.76 bits per heavy atom. The van der Waals surface area contributed by atoms with E-state index in [4.69, 9.17) is 17.0 Å². The Labute approximate surface area is 231 Å². The average Bonchev–Trinajstić information content (AvgIpc) is 3.40. The normalized spacial score (nSPS) is 14.7. The third kappa shape index (κ3) is 8.43.